The fraction of sp³-hybridized carbons (Fsp3) is 0.500. The van der Waals surface area contributed by atoms with Gasteiger partial charge in [-0.2, -0.15) is 0 Å². The number of benzene rings is 1. The average Bonchev–Trinajstić information content (AvgIpc) is 2.62. The summed E-state index contributed by atoms with van der Waals surface area (Å²) in [6.07, 6.45) is 1.06. The van der Waals surface area contributed by atoms with E-state index in [2.05, 4.69) is 56.2 Å². The third kappa shape index (κ3) is 2.44. The number of rotatable bonds is 3. The lowest BCUT2D eigenvalue weighted by Gasteiger charge is -2.18. The molecular formula is C16H24N2. The summed E-state index contributed by atoms with van der Waals surface area (Å²) in [5, 5.41) is 4.57. The summed E-state index contributed by atoms with van der Waals surface area (Å²) >= 11 is 0. The molecule has 0 aliphatic rings. The highest BCUT2D eigenvalue weighted by Crippen LogP contribution is 2.29. The summed E-state index contributed by atoms with van der Waals surface area (Å²) in [7, 11) is 2.00. The molecule has 18 heavy (non-hydrogen) atoms. The molecule has 2 aromatic rings. The van der Waals surface area contributed by atoms with Gasteiger partial charge >= 0.3 is 0 Å². The van der Waals surface area contributed by atoms with Gasteiger partial charge in [-0.3, -0.25) is 0 Å². The van der Waals surface area contributed by atoms with Gasteiger partial charge in [0.15, 0.2) is 0 Å². The maximum absolute atomic E-state index is 3.54. The molecule has 2 rings (SSSR count). The highest BCUT2D eigenvalue weighted by atomic mass is 14.8. The zero-order chi connectivity index (χ0) is 13.3. The molecule has 1 aromatic carbocycles. The van der Waals surface area contributed by atoms with E-state index in [4.69, 9.17) is 0 Å². The second kappa shape index (κ2) is 4.77. The van der Waals surface area contributed by atoms with Crippen LogP contribution in [0.25, 0.3) is 10.9 Å². The fourth-order valence-electron chi connectivity index (χ4n) is 2.35. The fourth-order valence-corrected chi connectivity index (χ4v) is 2.35. The van der Waals surface area contributed by atoms with Gasteiger partial charge in [-0.1, -0.05) is 26.8 Å². The van der Waals surface area contributed by atoms with Crippen LogP contribution in [0.4, 0.5) is 0 Å². The Balaban J connectivity index is 2.47. The maximum Gasteiger partial charge on any atom is 0.0459 e. The molecule has 0 unspecified atom stereocenters. The van der Waals surface area contributed by atoms with E-state index < -0.39 is 0 Å². The van der Waals surface area contributed by atoms with Crippen molar-refractivity contribution in [2.24, 2.45) is 0 Å². The molecule has 98 valence electrons. The van der Waals surface area contributed by atoms with Crippen molar-refractivity contribution in [2.45, 2.75) is 39.5 Å². The largest absolute Gasteiger partial charge is 0.358 e. The minimum Gasteiger partial charge on any atom is -0.358 e. The van der Waals surface area contributed by atoms with E-state index in [-0.39, 0.29) is 5.41 Å². The number of aromatic amines is 1. The van der Waals surface area contributed by atoms with Gasteiger partial charge in [0.1, 0.15) is 0 Å². The minimum absolute atomic E-state index is 0.211. The lowest BCUT2D eigenvalue weighted by molar-refractivity contribution is 0.591. The number of aryl methyl sites for hydroxylation is 1. The molecule has 0 spiro atoms. The predicted octanol–water partition coefficient (Wildman–Crippen LogP) is 3.54. The Morgan fingerprint density at radius 3 is 2.56 bits per heavy atom. The van der Waals surface area contributed by atoms with Crippen LogP contribution < -0.4 is 5.32 Å². The Morgan fingerprint density at radius 1 is 1.22 bits per heavy atom. The number of aromatic nitrogens is 1. The van der Waals surface area contributed by atoms with E-state index in [1.165, 1.54) is 27.7 Å². The molecule has 0 fully saturated rings. The van der Waals surface area contributed by atoms with Crippen LogP contribution in [0, 0.1) is 6.92 Å². The van der Waals surface area contributed by atoms with Crippen LogP contribution in [0.2, 0.25) is 0 Å². The van der Waals surface area contributed by atoms with Gasteiger partial charge in [0.05, 0.1) is 0 Å². The van der Waals surface area contributed by atoms with Crippen LogP contribution in [-0.2, 0) is 11.8 Å². The van der Waals surface area contributed by atoms with Crippen molar-refractivity contribution in [3.63, 3.8) is 0 Å². The van der Waals surface area contributed by atoms with Crippen molar-refractivity contribution in [3.8, 4) is 0 Å². The van der Waals surface area contributed by atoms with Crippen LogP contribution in [0.3, 0.4) is 0 Å². The number of likely N-dealkylation sites (N-methyl/N-ethyl adjacent to an activating group) is 1. The number of hydrogen-bond donors (Lipinski definition) is 2. The molecule has 0 bridgehead atoms. The topological polar surface area (TPSA) is 27.8 Å². The summed E-state index contributed by atoms with van der Waals surface area (Å²) in [6, 6.07) is 6.79. The first-order valence-corrected chi connectivity index (χ1v) is 6.70. The molecule has 0 saturated heterocycles. The van der Waals surface area contributed by atoms with E-state index in [0.717, 1.165) is 13.0 Å². The summed E-state index contributed by atoms with van der Waals surface area (Å²) in [5.41, 5.74) is 5.61. The van der Waals surface area contributed by atoms with Gasteiger partial charge in [0, 0.05) is 29.6 Å². The van der Waals surface area contributed by atoms with Crippen molar-refractivity contribution in [1.29, 1.82) is 0 Å². The van der Waals surface area contributed by atoms with Crippen LogP contribution in [-0.4, -0.2) is 18.6 Å². The second-order valence-corrected chi connectivity index (χ2v) is 6.09. The van der Waals surface area contributed by atoms with E-state index in [9.17, 15) is 0 Å². The lowest BCUT2D eigenvalue weighted by Crippen LogP contribution is -2.11. The molecule has 2 nitrogen and oxygen atoms in total. The van der Waals surface area contributed by atoms with Gasteiger partial charge in [-0.15, -0.1) is 0 Å². The smallest absolute Gasteiger partial charge is 0.0459 e. The van der Waals surface area contributed by atoms with E-state index in [1.807, 2.05) is 7.05 Å². The quantitative estimate of drug-likeness (QED) is 0.849. The van der Waals surface area contributed by atoms with Crippen LogP contribution in [0.1, 0.15) is 37.6 Å². The first-order chi connectivity index (χ1) is 8.43. The molecular weight excluding hydrogens is 220 g/mol. The van der Waals surface area contributed by atoms with Crippen molar-refractivity contribution in [1.82, 2.24) is 10.3 Å². The molecule has 2 heteroatoms. The van der Waals surface area contributed by atoms with E-state index in [1.54, 1.807) is 0 Å². The lowest BCUT2D eigenvalue weighted by atomic mass is 9.86. The third-order valence-electron chi connectivity index (χ3n) is 3.65. The molecule has 0 aliphatic heterocycles. The van der Waals surface area contributed by atoms with Crippen LogP contribution in [0.15, 0.2) is 18.2 Å². The maximum atomic E-state index is 3.54. The Kier molecular flexibility index (Phi) is 3.49. The Morgan fingerprint density at radius 2 is 1.94 bits per heavy atom. The monoisotopic (exact) mass is 244 g/mol. The Hall–Kier alpha value is -1.28. The first-order valence-electron chi connectivity index (χ1n) is 6.70. The zero-order valence-corrected chi connectivity index (χ0v) is 12.1. The SMILES string of the molecule is CNCCc1[nH]c2ccc(C(C)(C)C)cc2c1C. The zero-order valence-electron chi connectivity index (χ0n) is 12.1. The van der Waals surface area contributed by atoms with Crippen molar-refractivity contribution >= 4 is 10.9 Å². The van der Waals surface area contributed by atoms with Crippen molar-refractivity contribution in [3.05, 3.63) is 35.0 Å². The summed E-state index contributed by atoms with van der Waals surface area (Å²) in [5.74, 6) is 0. The summed E-state index contributed by atoms with van der Waals surface area (Å²) in [4.78, 5) is 3.54. The standard InChI is InChI=1S/C16H24N2/c1-11-13-10-12(16(2,3)4)6-7-15(13)18-14(11)8-9-17-5/h6-7,10,17-18H,8-9H2,1-5H3. The molecule has 1 aromatic heterocycles. The van der Waals surface area contributed by atoms with Gasteiger partial charge in [-0.05, 0) is 42.6 Å². The Labute approximate surface area is 110 Å². The van der Waals surface area contributed by atoms with Crippen LogP contribution in [0.5, 0.6) is 0 Å². The Bertz CT molecular complexity index is 544. The number of nitrogens with one attached hydrogen (secondary N) is 2. The van der Waals surface area contributed by atoms with Gasteiger partial charge < -0.3 is 10.3 Å². The van der Waals surface area contributed by atoms with E-state index >= 15 is 0 Å². The second-order valence-electron chi connectivity index (χ2n) is 6.09. The first kappa shape index (κ1) is 13.2. The van der Waals surface area contributed by atoms with Gasteiger partial charge in [0.25, 0.3) is 0 Å². The molecule has 0 saturated carbocycles. The number of fused-ring (bicyclic) bond motifs is 1. The van der Waals surface area contributed by atoms with Gasteiger partial charge in [0.2, 0.25) is 0 Å². The number of H-pyrrole nitrogens is 1. The van der Waals surface area contributed by atoms with Crippen molar-refractivity contribution < 1.29 is 0 Å². The minimum atomic E-state index is 0.211. The van der Waals surface area contributed by atoms with E-state index in [0.29, 0.717) is 0 Å². The molecule has 1 heterocycles. The summed E-state index contributed by atoms with van der Waals surface area (Å²) < 4.78 is 0. The van der Waals surface area contributed by atoms with Gasteiger partial charge in [-0.25, -0.2) is 0 Å². The normalized spacial score (nSPS) is 12.3. The molecule has 2 N–H and O–H groups in total. The summed E-state index contributed by atoms with van der Waals surface area (Å²) in [6.45, 7) is 10.0. The van der Waals surface area contributed by atoms with Crippen molar-refractivity contribution in [2.75, 3.05) is 13.6 Å². The predicted molar refractivity (Wildman–Crippen MR) is 79.4 cm³/mol. The van der Waals surface area contributed by atoms with Crippen LogP contribution >= 0.6 is 0 Å². The molecule has 0 radical (unpaired) electrons. The highest BCUT2D eigenvalue weighted by molar-refractivity contribution is 5.85. The number of hydrogen-bond acceptors (Lipinski definition) is 1. The molecule has 0 atom stereocenters. The highest BCUT2D eigenvalue weighted by Gasteiger charge is 2.15. The average molecular weight is 244 g/mol. The third-order valence-corrected chi connectivity index (χ3v) is 3.65. The molecule has 0 aliphatic carbocycles. The molecule has 0 amide bonds.